The van der Waals surface area contributed by atoms with Crippen LogP contribution >= 0.6 is 0 Å². The Labute approximate surface area is 128 Å². The molecule has 1 heterocycles. The zero-order valence-electron chi connectivity index (χ0n) is 12.1. The Morgan fingerprint density at radius 3 is 2.95 bits per heavy atom. The quantitative estimate of drug-likeness (QED) is 0.833. The number of aliphatic hydroxyl groups excluding tert-OH is 1. The van der Waals surface area contributed by atoms with Gasteiger partial charge in [-0.25, -0.2) is 4.39 Å². The van der Waals surface area contributed by atoms with Crippen molar-refractivity contribution in [2.75, 3.05) is 0 Å². The van der Waals surface area contributed by atoms with E-state index in [1.807, 2.05) is 6.07 Å². The molecule has 0 spiro atoms. The standard InChI is InChI=1S/C19H17FO2/c20-14-8-5-13(6-9-14)16-11-22-17-10-7-12-3-1-2-4-15(12)18(17)19(16)21/h2,4-5,7-11,13,19,21H,1,3,6H2. The van der Waals surface area contributed by atoms with E-state index in [1.54, 1.807) is 18.4 Å². The molecule has 3 aliphatic rings. The highest BCUT2D eigenvalue weighted by molar-refractivity contribution is 5.66. The number of fused-ring (bicyclic) bond motifs is 3. The van der Waals surface area contributed by atoms with Gasteiger partial charge < -0.3 is 9.84 Å². The van der Waals surface area contributed by atoms with Crippen molar-refractivity contribution in [2.45, 2.75) is 25.4 Å². The number of aryl methyl sites for hydroxylation is 1. The molecule has 2 unspecified atom stereocenters. The summed E-state index contributed by atoms with van der Waals surface area (Å²) in [5, 5.41) is 10.9. The van der Waals surface area contributed by atoms with Crippen LogP contribution in [0.25, 0.3) is 6.08 Å². The highest BCUT2D eigenvalue weighted by Gasteiger charge is 2.30. The topological polar surface area (TPSA) is 29.5 Å². The first-order valence-corrected chi connectivity index (χ1v) is 7.65. The molecule has 0 saturated heterocycles. The predicted octanol–water partition coefficient (Wildman–Crippen LogP) is 4.39. The van der Waals surface area contributed by atoms with Crippen molar-refractivity contribution >= 4 is 6.08 Å². The molecule has 2 atom stereocenters. The van der Waals surface area contributed by atoms with E-state index in [0.717, 1.165) is 29.5 Å². The third-order valence-electron chi connectivity index (χ3n) is 4.60. The number of rotatable bonds is 1. The van der Waals surface area contributed by atoms with Crippen LogP contribution in [0.4, 0.5) is 4.39 Å². The normalized spacial score (nSPS) is 25.7. The van der Waals surface area contributed by atoms with Crippen molar-refractivity contribution in [1.29, 1.82) is 0 Å². The summed E-state index contributed by atoms with van der Waals surface area (Å²) < 4.78 is 18.9. The second-order valence-corrected chi connectivity index (χ2v) is 5.92. The smallest absolute Gasteiger partial charge is 0.133 e. The molecule has 0 bridgehead atoms. The minimum Gasteiger partial charge on any atom is -0.464 e. The summed E-state index contributed by atoms with van der Waals surface area (Å²) in [6.45, 7) is 0. The maximum absolute atomic E-state index is 13.1. The summed E-state index contributed by atoms with van der Waals surface area (Å²) in [6.07, 6.45) is 12.5. The number of aliphatic hydroxyl groups is 1. The largest absolute Gasteiger partial charge is 0.464 e. The van der Waals surface area contributed by atoms with Crippen molar-refractivity contribution < 1.29 is 14.2 Å². The van der Waals surface area contributed by atoms with Crippen LogP contribution in [0.5, 0.6) is 5.75 Å². The van der Waals surface area contributed by atoms with Gasteiger partial charge in [0.25, 0.3) is 0 Å². The summed E-state index contributed by atoms with van der Waals surface area (Å²) in [7, 11) is 0. The highest BCUT2D eigenvalue weighted by atomic mass is 19.1. The highest BCUT2D eigenvalue weighted by Crippen LogP contribution is 2.44. The van der Waals surface area contributed by atoms with Gasteiger partial charge in [0.15, 0.2) is 0 Å². The van der Waals surface area contributed by atoms with Crippen LogP contribution in [-0.4, -0.2) is 5.11 Å². The van der Waals surface area contributed by atoms with Crippen LogP contribution in [0, 0.1) is 5.92 Å². The van der Waals surface area contributed by atoms with Gasteiger partial charge in [0, 0.05) is 17.1 Å². The first-order valence-electron chi connectivity index (χ1n) is 7.65. The SMILES string of the molecule is OC1C(C2C=CC(F)=CC2)=COc2ccc3c(c21)C=CCC3. The first-order chi connectivity index (χ1) is 10.7. The molecule has 0 radical (unpaired) electrons. The van der Waals surface area contributed by atoms with E-state index in [0.29, 0.717) is 12.2 Å². The van der Waals surface area contributed by atoms with E-state index < -0.39 is 6.10 Å². The summed E-state index contributed by atoms with van der Waals surface area (Å²) in [6, 6.07) is 4.00. The van der Waals surface area contributed by atoms with Gasteiger partial charge in [-0.3, -0.25) is 0 Å². The van der Waals surface area contributed by atoms with E-state index in [9.17, 15) is 9.50 Å². The van der Waals surface area contributed by atoms with Crippen molar-refractivity contribution in [3.8, 4) is 5.75 Å². The average Bonchev–Trinajstić information content (AvgIpc) is 2.56. The fraction of sp³-hybridized carbons (Fsp3) is 0.263. The van der Waals surface area contributed by atoms with E-state index in [-0.39, 0.29) is 11.7 Å². The van der Waals surface area contributed by atoms with Gasteiger partial charge in [-0.05, 0) is 48.6 Å². The van der Waals surface area contributed by atoms with Crippen molar-refractivity contribution in [1.82, 2.24) is 0 Å². The van der Waals surface area contributed by atoms with Crippen LogP contribution < -0.4 is 4.74 Å². The molecule has 3 heteroatoms. The minimum atomic E-state index is -0.703. The number of allylic oxidation sites excluding steroid dienone is 5. The van der Waals surface area contributed by atoms with E-state index in [1.165, 1.54) is 11.6 Å². The second kappa shape index (κ2) is 5.25. The second-order valence-electron chi connectivity index (χ2n) is 5.92. The molecule has 0 saturated carbocycles. The first kappa shape index (κ1) is 13.5. The average molecular weight is 296 g/mol. The van der Waals surface area contributed by atoms with Crippen LogP contribution in [0.1, 0.15) is 35.6 Å². The molecule has 0 aromatic heterocycles. The van der Waals surface area contributed by atoms with Crippen LogP contribution in [-0.2, 0) is 6.42 Å². The van der Waals surface area contributed by atoms with Crippen LogP contribution in [0.2, 0.25) is 0 Å². The van der Waals surface area contributed by atoms with Gasteiger partial charge in [-0.2, -0.15) is 0 Å². The van der Waals surface area contributed by atoms with Gasteiger partial charge in [0.2, 0.25) is 0 Å². The molecule has 1 N–H and O–H groups in total. The lowest BCUT2D eigenvalue weighted by Gasteiger charge is -2.30. The fourth-order valence-electron chi connectivity index (χ4n) is 3.40. The zero-order chi connectivity index (χ0) is 15.1. The molecular formula is C19H17FO2. The summed E-state index contributed by atoms with van der Waals surface area (Å²) in [5.41, 5.74) is 3.95. The van der Waals surface area contributed by atoms with Crippen molar-refractivity contribution in [2.24, 2.45) is 5.92 Å². The van der Waals surface area contributed by atoms with Crippen molar-refractivity contribution in [3.63, 3.8) is 0 Å². The Kier molecular flexibility index (Phi) is 3.23. The van der Waals surface area contributed by atoms with Gasteiger partial charge in [0.1, 0.15) is 17.7 Å². The summed E-state index contributed by atoms with van der Waals surface area (Å²) >= 11 is 0. The number of benzene rings is 1. The lowest BCUT2D eigenvalue weighted by Crippen LogP contribution is -2.19. The lowest BCUT2D eigenvalue weighted by molar-refractivity contribution is 0.187. The Balaban J connectivity index is 1.73. The van der Waals surface area contributed by atoms with Gasteiger partial charge >= 0.3 is 0 Å². The summed E-state index contributed by atoms with van der Waals surface area (Å²) in [5.74, 6) is 0.470. The Bertz CT molecular complexity index is 740. The number of halogens is 1. The van der Waals surface area contributed by atoms with Crippen LogP contribution in [0.15, 0.2) is 54.1 Å². The van der Waals surface area contributed by atoms with Gasteiger partial charge in [-0.15, -0.1) is 0 Å². The fourth-order valence-corrected chi connectivity index (χ4v) is 3.40. The molecule has 2 aliphatic carbocycles. The minimum absolute atomic E-state index is 0.0222. The van der Waals surface area contributed by atoms with Gasteiger partial charge in [0.05, 0.1) is 6.26 Å². The van der Waals surface area contributed by atoms with E-state index in [4.69, 9.17) is 4.74 Å². The van der Waals surface area contributed by atoms with E-state index >= 15 is 0 Å². The molecule has 1 aromatic rings. The van der Waals surface area contributed by atoms with Crippen LogP contribution in [0.3, 0.4) is 0 Å². The lowest BCUT2D eigenvalue weighted by atomic mass is 9.82. The molecule has 22 heavy (non-hydrogen) atoms. The Morgan fingerprint density at radius 1 is 1.23 bits per heavy atom. The molecule has 0 amide bonds. The Hall–Kier alpha value is -2.13. The molecule has 1 aliphatic heterocycles. The third-order valence-corrected chi connectivity index (χ3v) is 4.60. The zero-order valence-corrected chi connectivity index (χ0v) is 12.1. The maximum Gasteiger partial charge on any atom is 0.133 e. The molecule has 2 nitrogen and oxygen atoms in total. The Morgan fingerprint density at radius 2 is 2.14 bits per heavy atom. The molecule has 4 rings (SSSR count). The number of hydrogen-bond donors (Lipinski definition) is 1. The van der Waals surface area contributed by atoms with Gasteiger partial charge in [-0.1, -0.05) is 24.3 Å². The molecular weight excluding hydrogens is 279 g/mol. The molecule has 1 aromatic carbocycles. The molecule has 112 valence electrons. The maximum atomic E-state index is 13.1. The van der Waals surface area contributed by atoms with E-state index in [2.05, 4.69) is 18.2 Å². The summed E-state index contributed by atoms with van der Waals surface area (Å²) in [4.78, 5) is 0. The van der Waals surface area contributed by atoms with Crippen molar-refractivity contribution in [3.05, 3.63) is 70.8 Å². The number of ether oxygens (including phenoxy) is 1. The predicted molar refractivity (Wildman–Crippen MR) is 83.9 cm³/mol. The third kappa shape index (κ3) is 2.13. The monoisotopic (exact) mass is 296 g/mol. The number of hydrogen-bond acceptors (Lipinski definition) is 2. The molecule has 0 fully saturated rings.